The SMILES string of the molecule is Cc1ccc2ncc(C(=O)NC(C)c3ccc(Cl)cc3)c(=O)n2c1. The maximum atomic E-state index is 12.5. The highest BCUT2D eigenvalue weighted by Gasteiger charge is 2.16. The molecular formula is C18H16ClN3O2. The van der Waals surface area contributed by atoms with E-state index in [0.29, 0.717) is 10.7 Å². The molecule has 0 aliphatic carbocycles. The van der Waals surface area contributed by atoms with E-state index < -0.39 is 5.91 Å². The number of nitrogens with zero attached hydrogens (tertiary/aromatic N) is 2. The van der Waals surface area contributed by atoms with Crippen LogP contribution in [0.15, 0.2) is 53.6 Å². The van der Waals surface area contributed by atoms with Gasteiger partial charge in [-0.15, -0.1) is 0 Å². The van der Waals surface area contributed by atoms with E-state index in [1.54, 1.807) is 24.4 Å². The molecular weight excluding hydrogens is 326 g/mol. The molecule has 5 nitrogen and oxygen atoms in total. The second kappa shape index (κ2) is 6.45. The number of nitrogens with one attached hydrogen (secondary N) is 1. The van der Waals surface area contributed by atoms with Crippen LogP contribution in [0, 0.1) is 6.92 Å². The molecule has 1 atom stereocenters. The average Bonchev–Trinajstić information content (AvgIpc) is 2.56. The third-order valence-electron chi connectivity index (χ3n) is 3.81. The average molecular weight is 342 g/mol. The summed E-state index contributed by atoms with van der Waals surface area (Å²) < 4.78 is 1.39. The molecule has 122 valence electrons. The van der Waals surface area contributed by atoms with E-state index in [2.05, 4.69) is 10.3 Å². The van der Waals surface area contributed by atoms with Crippen LogP contribution in [0.5, 0.6) is 0 Å². The first-order valence-electron chi connectivity index (χ1n) is 7.50. The molecule has 3 rings (SSSR count). The standard InChI is InChI=1S/C18H16ClN3O2/c1-11-3-8-16-20-9-15(18(24)22(16)10-11)17(23)21-12(2)13-4-6-14(19)7-5-13/h3-10,12H,1-2H3,(H,21,23). The van der Waals surface area contributed by atoms with Crippen molar-refractivity contribution < 1.29 is 4.79 Å². The largest absolute Gasteiger partial charge is 0.345 e. The van der Waals surface area contributed by atoms with Crippen LogP contribution in [0.4, 0.5) is 0 Å². The second-order valence-electron chi connectivity index (χ2n) is 5.66. The highest BCUT2D eigenvalue weighted by atomic mass is 35.5. The van der Waals surface area contributed by atoms with E-state index in [-0.39, 0.29) is 17.2 Å². The molecule has 2 aromatic heterocycles. The number of carbonyl (C=O) groups is 1. The normalized spacial score (nSPS) is 12.1. The minimum Gasteiger partial charge on any atom is -0.345 e. The highest BCUT2D eigenvalue weighted by Crippen LogP contribution is 2.16. The molecule has 0 aliphatic rings. The lowest BCUT2D eigenvalue weighted by molar-refractivity contribution is 0.0938. The number of benzene rings is 1. The van der Waals surface area contributed by atoms with Gasteiger partial charge in [-0.2, -0.15) is 0 Å². The van der Waals surface area contributed by atoms with Gasteiger partial charge in [0, 0.05) is 17.4 Å². The minimum absolute atomic E-state index is 0.0129. The number of fused-ring (bicyclic) bond motifs is 1. The molecule has 2 heterocycles. The number of rotatable bonds is 3. The van der Waals surface area contributed by atoms with Crippen LogP contribution in [0.1, 0.15) is 34.5 Å². The molecule has 1 aromatic carbocycles. The minimum atomic E-state index is -0.453. The Bertz CT molecular complexity index is 964. The first-order valence-corrected chi connectivity index (χ1v) is 7.88. The van der Waals surface area contributed by atoms with Crippen LogP contribution in [0.2, 0.25) is 5.02 Å². The third-order valence-corrected chi connectivity index (χ3v) is 4.06. The van der Waals surface area contributed by atoms with Crippen molar-refractivity contribution in [2.75, 3.05) is 0 Å². The molecule has 1 amide bonds. The van der Waals surface area contributed by atoms with Gasteiger partial charge in [-0.05, 0) is 43.2 Å². The molecule has 0 saturated carbocycles. The molecule has 1 N–H and O–H groups in total. The van der Waals surface area contributed by atoms with Gasteiger partial charge in [0.15, 0.2) is 0 Å². The van der Waals surface area contributed by atoms with E-state index in [0.717, 1.165) is 11.1 Å². The first-order chi connectivity index (χ1) is 11.5. The van der Waals surface area contributed by atoms with Crippen molar-refractivity contribution in [2.24, 2.45) is 0 Å². The third kappa shape index (κ3) is 3.16. The Morgan fingerprint density at radius 3 is 2.62 bits per heavy atom. The van der Waals surface area contributed by atoms with Crippen molar-refractivity contribution >= 4 is 23.2 Å². The van der Waals surface area contributed by atoms with Crippen LogP contribution in [-0.4, -0.2) is 15.3 Å². The van der Waals surface area contributed by atoms with Gasteiger partial charge in [0.2, 0.25) is 0 Å². The van der Waals surface area contributed by atoms with E-state index in [1.807, 2.05) is 32.0 Å². The fraction of sp³-hybridized carbons (Fsp3) is 0.167. The summed E-state index contributed by atoms with van der Waals surface area (Å²) in [7, 11) is 0. The van der Waals surface area contributed by atoms with E-state index >= 15 is 0 Å². The van der Waals surface area contributed by atoms with Gasteiger partial charge >= 0.3 is 0 Å². The maximum absolute atomic E-state index is 12.5. The number of amides is 1. The van der Waals surface area contributed by atoms with Crippen LogP contribution in [-0.2, 0) is 0 Å². The number of pyridine rings is 1. The predicted molar refractivity (Wildman–Crippen MR) is 93.5 cm³/mol. The molecule has 0 aliphatic heterocycles. The Morgan fingerprint density at radius 1 is 1.21 bits per heavy atom. The molecule has 1 unspecified atom stereocenters. The highest BCUT2D eigenvalue weighted by molar-refractivity contribution is 6.30. The number of hydrogen-bond acceptors (Lipinski definition) is 3. The number of carbonyl (C=O) groups excluding carboxylic acids is 1. The summed E-state index contributed by atoms with van der Waals surface area (Å²) in [5, 5.41) is 3.45. The van der Waals surface area contributed by atoms with Gasteiger partial charge in [0.25, 0.3) is 11.5 Å². The summed E-state index contributed by atoms with van der Waals surface area (Å²) in [6, 6.07) is 10.5. The monoisotopic (exact) mass is 341 g/mol. The molecule has 0 radical (unpaired) electrons. The molecule has 0 bridgehead atoms. The van der Waals surface area contributed by atoms with Crippen molar-refractivity contribution in [1.29, 1.82) is 0 Å². The van der Waals surface area contributed by atoms with Gasteiger partial charge in [0.05, 0.1) is 6.04 Å². The fourth-order valence-corrected chi connectivity index (χ4v) is 2.57. The fourth-order valence-electron chi connectivity index (χ4n) is 2.45. The van der Waals surface area contributed by atoms with Crippen LogP contribution in [0.3, 0.4) is 0 Å². The van der Waals surface area contributed by atoms with Crippen molar-refractivity contribution in [1.82, 2.24) is 14.7 Å². The zero-order valence-corrected chi connectivity index (χ0v) is 14.0. The summed E-state index contributed by atoms with van der Waals surface area (Å²) in [4.78, 5) is 29.2. The van der Waals surface area contributed by atoms with E-state index in [9.17, 15) is 9.59 Å². The topological polar surface area (TPSA) is 63.5 Å². The second-order valence-corrected chi connectivity index (χ2v) is 6.09. The van der Waals surface area contributed by atoms with Gasteiger partial charge in [-0.25, -0.2) is 4.98 Å². The first kappa shape index (κ1) is 16.2. The van der Waals surface area contributed by atoms with Crippen molar-refractivity contribution in [3.8, 4) is 0 Å². The Labute approximate surface area is 143 Å². The summed E-state index contributed by atoms with van der Waals surface area (Å²) in [6.07, 6.45) is 2.99. The van der Waals surface area contributed by atoms with Gasteiger partial charge in [-0.3, -0.25) is 14.0 Å². The zero-order chi connectivity index (χ0) is 17.3. The number of hydrogen-bond donors (Lipinski definition) is 1. The summed E-state index contributed by atoms with van der Waals surface area (Å²) in [5.41, 5.74) is 1.95. The molecule has 0 spiro atoms. The molecule has 6 heteroatoms. The number of halogens is 1. The van der Waals surface area contributed by atoms with Crippen LogP contribution in [0.25, 0.3) is 5.65 Å². The van der Waals surface area contributed by atoms with Crippen molar-refractivity contribution in [3.05, 3.63) is 80.9 Å². The summed E-state index contributed by atoms with van der Waals surface area (Å²) >= 11 is 5.87. The van der Waals surface area contributed by atoms with E-state index in [4.69, 9.17) is 11.6 Å². The Morgan fingerprint density at radius 2 is 1.92 bits per heavy atom. The lowest BCUT2D eigenvalue weighted by Crippen LogP contribution is -2.33. The predicted octanol–water partition coefficient (Wildman–Crippen LogP) is 3.15. The van der Waals surface area contributed by atoms with Gasteiger partial charge in [-0.1, -0.05) is 29.8 Å². The Kier molecular flexibility index (Phi) is 4.36. The molecule has 24 heavy (non-hydrogen) atoms. The number of aromatic nitrogens is 2. The smallest absolute Gasteiger partial charge is 0.270 e. The Hall–Kier alpha value is -2.66. The maximum Gasteiger partial charge on any atom is 0.270 e. The van der Waals surface area contributed by atoms with Crippen molar-refractivity contribution in [2.45, 2.75) is 19.9 Å². The summed E-state index contributed by atoms with van der Waals surface area (Å²) in [5.74, 6) is -0.453. The van der Waals surface area contributed by atoms with Gasteiger partial charge < -0.3 is 5.32 Å². The van der Waals surface area contributed by atoms with Crippen molar-refractivity contribution in [3.63, 3.8) is 0 Å². The quantitative estimate of drug-likeness (QED) is 0.796. The lowest BCUT2D eigenvalue weighted by atomic mass is 10.1. The Balaban J connectivity index is 1.90. The molecule has 3 aromatic rings. The van der Waals surface area contributed by atoms with Gasteiger partial charge in [0.1, 0.15) is 11.2 Å². The lowest BCUT2D eigenvalue weighted by Gasteiger charge is -2.14. The zero-order valence-electron chi connectivity index (χ0n) is 13.3. The summed E-state index contributed by atoms with van der Waals surface area (Å²) in [6.45, 7) is 3.72. The molecule has 0 saturated heterocycles. The van der Waals surface area contributed by atoms with Crippen LogP contribution < -0.4 is 10.9 Å². The van der Waals surface area contributed by atoms with Crippen LogP contribution >= 0.6 is 11.6 Å². The number of aryl methyl sites for hydroxylation is 1. The molecule has 0 fully saturated rings. The van der Waals surface area contributed by atoms with E-state index in [1.165, 1.54) is 10.6 Å².